The van der Waals surface area contributed by atoms with Gasteiger partial charge in [0.1, 0.15) is 0 Å². The van der Waals surface area contributed by atoms with Crippen molar-refractivity contribution < 1.29 is 8.42 Å². The lowest BCUT2D eigenvalue weighted by molar-refractivity contribution is 0.504. The van der Waals surface area contributed by atoms with Crippen LogP contribution in [0.15, 0.2) is 38.9 Å². The number of nitrogen functional groups attached to an aromatic ring is 1. The van der Waals surface area contributed by atoms with Gasteiger partial charge in [-0.05, 0) is 42.5 Å². The summed E-state index contributed by atoms with van der Waals surface area (Å²) >= 11 is 0. The summed E-state index contributed by atoms with van der Waals surface area (Å²) in [6.07, 6.45) is 3.33. The van der Waals surface area contributed by atoms with Gasteiger partial charge >= 0.3 is 5.69 Å². The minimum atomic E-state index is -4.08. The van der Waals surface area contributed by atoms with Crippen molar-refractivity contribution in [3.8, 4) is 0 Å². The molecule has 1 atom stereocenters. The topological polar surface area (TPSA) is 116 Å². The molecule has 0 spiro atoms. The summed E-state index contributed by atoms with van der Waals surface area (Å²) in [4.78, 5) is 23.5. The molecule has 3 rings (SSSR count). The van der Waals surface area contributed by atoms with Crippen LogP contribution in [0.5, 0.6) is 0 Å². The van der Waals surface area contributed by atoms with E-state index < -0.39 is 32.2 Å². The van der Waals surface area contributed by atoms with E-state index in [2.05, 4.69) is 4.72 Å². The number of nitrogens with one attached hydrogen (secondary N) is 1. The first-order chi connectivity index (χ1) is 11.7. The van der Waals surface area contributed by atoms with E-state index in [9.17, 15) is 18.0 Å². The van der Waals surface area contributed by atoms with Crippen LogP contribution >= 0.6 is 12.4 Å². The van der Waals surface area contributed by atoms with E-state index in [4.69, 9.17) is 5.73 Å². The third kappa shape index (κ3) is 3.55. The molecule has 0 saturated heterocycles. The van der Waals surface area contributed by atoms with Gasteiger partial charge in [0.15, 0.2) is 4.90 Å². The first-order valence-corrected chi connectivity index (χ1v) is 9.36. The van der Waals surface area contributed by atoms with Crippen LogP contribution < -0.4 is 21.7 Å². The molecule has 10 heteroatoms. The average Bonchev–Trinajstić information content (AvgIpc) is 2.55. The number of aryl methyl sites for hydroxylation is 2. The number of anilines is 1. The lowest BCUT2D eigenvalue weighted by Gasteiger charge is -2.26. The summed E-state index contributed by atoms with van der Waals surface area (Å²) in [7, 11) is -1.42. The number of fused-ring (bicyclic) bond motifs is 1. The van der Waals surface area contributed by atoms with Gasteiger partial charge < -0.3 is 10.3 Å². The molecule has 26 heavy (non-hydrogen) atoms. The number of rotatable bonds is 3. The van der Waals surface area contributed by atoms with Crippen molar-refractivity contribution in [1.29, 1.82) is 0 Å². The Kier molecular flexibility index (Phi) is 5.64. The normalized spacial score (nSPS) is 16.6. The highest BCUT2D eigenvalue weighted by Crippen LogP contribution is 2.31. The van der Waals surface area contributed by atoms with Gasteiger partial charge in [-0.15, -0.1) is 12.4 Å². The molecule has 8 nitrogen and oxygen atoms in total. The van der Waals surface area contributed by atoms with Crippen LogP contribution in [0.2, 0.25) is 0 Å². The number of aromatic nitrogens is 2. The molecule has 1 heterocycles. The van der Waals surface area contributed by atoms with Crippen molar-refractivity contribution in [3.05, 3.63) is 56.4 Å². The first-order valence-electron chi connectivity index (χ1n) is 7.88. The smallest absolute Gasteiger partial charge is 0.330 e. The lowest BCUT2D eigenvalue weighted by atomic mass is 9.88. The molecule has 3 N–H and O–H groups in total. The second-order valence-electron chi connectivity index (χ2n) is 6.28. The zero-order chi connectivity index (χ0) is 18.4. The quantitative estimate of drug-likeness (QED) is 0.725. The zero-order valence-electron chi connectivity index (χ0n) is 14.4. The maximum atomic E-state index is 12.7. The third-order valence-electron chi connectivity index (χ3n) is 4.48. The van der Waals surface area contributed by atoms with E-state index in [1.54, 1.807) is 6.07 Å². The molecule has 142 valence electrons. The van der Waals surface area contributed by atoms with Crippen LogP contribution in [0.4, 0.5) is 5.69 Å². The SMILES string of the molecule is Cl.Cn1cc(S(=O)(=O)NC2CCCc3cc(N)ccc32)c(=O)n(C)c1=O. The van der Waals surface area contributed by atoms with E-state index >= 15 is 0 Å². The maximum Gasteiger partial charge on any atom is 0.330 e. The molecular formula is C16H21ClN4O4S. The molecule has 0 aliphatic heterocycles. The van der Waals surface area contributed by atoms with Crippen LogP contribution in [0, 0.1) is 0 Å². The Labute approximate surface area is 157 Å². The molecule has 1 aromatic carbocycles. The van der Waals surface area contributed by atoms with E-state index in [-0.39, 0.29) is 12.4 Å². The molecule has 0 bridgehead atoms. The van der Waals surface area contributed by atoms with E-state index in [1.807, 2.05) is 12.1 Å². The van der Waals surface area contributed by atoms with Gasteiger partial charge in [-0.3, -0.25) is 9.36 Å². The average molecular weight is 401 g/mol. The standard InChI is InChI=1S/C16H20N4O4S.ClH/c1-19-9-14(15(21)20(2)16(19)22)25(23,24)18-13-5-3-4-10-8-11(17)6-7-12(10)13;/h6-9,13,18H,3-5,17H2,1-2H3;1H. The first kappa shape index (κ1) is 20.2. The van der Waals surface area contributed by atoms with Gasteiger partial charge in [0.05, 0.1) is 0 Å². The molecule has 0 amide bonds. The minimum Gasteiger partial charge on any atom is -0.399 e. The number of nitrogens with zero attached hydrogens (tertiary/aromatic N) is 2. The fourth-order valence-electron chi connectivity index (χ4n) is 3.17. The van der Waals surface area contributed by atoms with Crippen LogP contribution in [0.25, 0.3) is 0 Å². The number of hydrogen-bond donors (Lipinski definition) is 2. The summed E-state index contributed by atoms with van der Waals surface area (Å²) in [6.45, 7) is 0. The lowest BCUT2D eigenvalue weighted by Crippen LogP contribution is -2.42. The number of hydrogen-bond acceptors (Lipinski definition) is 5. The largest absolute Gasteiger partial charge is 0.399 e. The highest BCUT2D eigenvalue weighted by atomic mass is 35.5. The summed E-state index contributed by atoms with van der Waals surface area (Å²) in [5.74, 6) is 0. The van der Waals surface area contributed by atoms with Gasteiger partial charge in [-0.2, -0.15) is 0 Å². The van der Waals surface area contributed by atoms with Crippen LogP contribution in [0.3, 0.4) is 0 Å². The Morgan fingerprint density at radius 2 is 1.92 bits per heavy atom. The van der Waals surface area contributed by atoms with Crippen LogP contribution in [-0.4, -0.2) is 17.6 Å². The van der Waals surface area contributed by atoms with Crippen LogP contribution in [0.1, 0.15) is 30.0 Å². The van der Waals surface area contributed by atoms with Crippen molar-refractivity contribution in [2.24, 2.45) is 14.1 Å². The molecule has 1 aliphatic rings. The maximum absolute atomic E-state index is 12.7. The van der Waals surface area contributed by atoms with Gasteiger partial charge in [-0.25, -0.2) is 17.9 Å². The zero-order valence-corrected chi connectivity index (χ0v) is 16.1. The number of benzene rings is 1. The van der Waals surface area contributed by atoms with Gasteiger partial charge in [0, 0.05) is 32.0 Å². The number of halogens is 1. The molecule has 0 fully saturated rings. The Morgan fingerprint density at radius 3 is 2.62 bits per heavy atom. The highest BCUT2D eigenvalue weighted by molar-refractivity contribution is 7.89. The molecule has 1 unspecified atom stereocenters. The predicted molar refractivity (Wildman–Crippen MR) is 101 cm³/mol. The molecular weight excluding hydrogens is 380 g/mol. The summed E-state index contributed by atoms with van der Waals surface area (Å²) < 4.78 is 30.0. The van der Waals surface area contributed by atoms with Gasteiger partial charge in [0.2, 0.25) is 10.0 Å². The molecule has 0 radical (unpaired) electrons. The van der Waals surface area contributed by atoms with Crippen molar-refractivity contribution >= 4 is 28.1 Å². The Bertz CT molecular complexity index is 1060. The second kappa shape index (κ2) is 7.26. The number of sulfonamides is 1. The molecule has 1 aromatic heterocycles. The van der Waals surface area contributed by atoms with Crippen molar-refractivity contribution in [1.82, 2.24) is 13.9 Å². The van der Waals surface area contributed by atoms with E-state index in [0.29, 0.717) is 12.1 Å². The van der Waals surface area contributed by atoms with E-state index in [0.717, 1.165) is 39.3 Å². The Balaban J connectivity index is 0.00000243. The Morgan fingerprint density at radius 1 is 1.23 bits per heavy atom. The fraction of sp³-hybridized carbons (Fsp3) is 0.375. The second-order valence-corrected chi connectivity index (χ2v) is 7.96. The van der Waals surface area contributed by atoms with Crippen LogP contribution in [-0.2, 0) is 30.5 Å². The van der Waals surface area contributed by atoms with Crippen molar-refractivity contribution in [3.63, 3.8) is 0 Å². The molecule has 0 saturated carbocycles. The molecule has 1 aliphatic carbocycles. The van der Waals surface area contributed by atoms with Crippen molar-refractivity contribution in [2.75, 3.05) is 5.73 Å². The Hall–Kier alpha value is -2.10. The summed E-state index contributed by atoms with van der Waals surface area (Å²) in [5.41, 5.74) is 6.88. The summed E-state index contributed by atoms with van der Waals surface area (Å²) in [6, 6.07) is 4.96. The fourth-order valence-corrected chi connectivity index (χ4v) is 4.58. The van der Waals surface area contributed by atoms with Crippen molar-refractivity contribution in [2.45, 2.75) is 30.2 Å². The third-order valence-corrected chi connectivity index (χ3v) is 5.94. The summed E-state index contributed by atoms with van der Waals surface area (Å²) in [5, 5.41) is 0. The van der Waals surface area contributed by atoms with Gasteiger partial charge in [-0.1, -0.05) is 6.07 Å². The molecule has 2 aromatic rings. The minimum absolute atomic E-state index is 0. The monoisotopic (exact) mass is 400 g/mol. The number of nitrogens with two attached hydrogens (primary N) is 1. The predicted octanol–water partition coefficient (Wildman–Crippen LogP) is 0.444. The van der Waals surface area contributed by atoms with E-state index in [1.165, 1.54) is 14.1 Å². The van der Waals surface area contributed by atoms with Gasteiger partial charge in [0.25, 0.3) is 5.56 Å². The highest BCUT2D eigenvalue weighted by Gasteiger charge is 2.28.